The molecule has 2 aromatic heterocycles. The molecular weight excluding hydrogens is 466 g/mol. The molecule has 1 spiro atoms. The standard InChI is InChI=1S/C24H31N7O5/c1-2-3-7-35-22-28-19(25)18-20(29-22)31(23(34)27-18)11-16-5-4-15(9-17(16)21(32)33)10-30-13-24(14-30)12-26-6-8-36-24/h4-5,9,26H,2-3,6-8,10-14H2,1H3,(H,27,34)(H,32,33)(H2,25,28,29). The number of carboxylic acids is 1. The Labute approximate surface area is 207 Å². The second-order valence-electron chi connectivity index (χ2n) is 9.46. The molecule has 0 saturated carbocycles. The molecule has 3 aromatic rings. The van der Waals surface area contributed by atoms with Crippen molar-refractivity contribution in [3.8, 4) is 6.01 Å². The van der Waals surface area contributed by atoms with Crippen LogP contribution in [0, 0.1) is 0 Å². The zero-order valence-corrected chi connectivity index (χ0v) is 20.2. The van der Waals surface area contributed by atoms with E-state index in [9.17, 15) is 14.7 Å². The van der Waals surface area contributed by atoms with Crippen molar-refractivity contribution < 1.29 is 19.4 Å². The van der Waals surface area contributed by atoms with Gasteiger partial charge in [-0.05, 0) is 23.6 Å². The third kappa shape index (κ3) is 4.79. The van der Waals surface area contributed by atoms with Gasteiger partial charge in [-0.1, -0.05) is 25.5 Å². The van der Waals surface area contributed by atoms with E-state index in [0.717, 1.165) is 44.6 Å². The number of nitrogens with zero attached hydrogens (tertiary/aromatic N) is 4. The van der Waals surface area contributed by atoms with Crippen LogP contribution in [0.1, 0.15) is 41.3 Å². The molecule has 2 fully saturated rings. The quantitative estimate of drug-likeness (QED) is 0.311. The first-order valence-corrected chi connectivity index (χ1v) is 12.2. The molecule has 5 N–H and O–H groups in total. The van der Waals surface area contributed by atoms with E-state index in [1.807, 2.05) is 13.0 Å². The van der Waals surface area contributed by atoms with Crippen molar-refractivity contribution in [3.05, 3.63) is 45.4 Å². The molecule has 5 rings (SSSR count). The number of ether oxygens (including phenoxy) is 2. The summed E-state index contributed by atoms with van der Waals surface area (Å²) in [5.74, 6) is -0.960. The van der Waals surface area contributed by atoms with Gasteiger partial charge in [0, 0.05) is 32.7 Å². The Kier molecular flexibility index (Phi) is 6.65. The Hall–Kier alpha value is -3.48. The van der Waals surface area contributed by atoms with Gasteiger partial charge in [-0.25, -0.2) is 9.59 Å². The zero-order valence-electron chi connectivity index (χ0n) is 20.2. The predicted octanol–water partition coefficient (Wildman–Crippen LogP) is 0.801. The van der Waals surface area contributed by atoms with E-state index in [-0.39, 0.29) is 35.2 Å². The van der Waals surface area contributed by atoms with Crippen LogP contribution in [0.4, 0.5) is 5.82 Å². The van der Waals surface area contributed by atoms with Gasteiger partial charge in [-0.2, -0.15) is 9.97 Å². The van der Waals surface area contributed by atoms with Crippen LogP contribution in [0.2, 0.25) is 0 Å². The third-order valence-electron chi connectivity index (χ3n) is 6.66. The molecule has 0 amide bonds. The number of hydrogen-bond acceptors (Lipinski definition) is 9. The van der Waals surface area contributed by atoms with Crippen LogP contribution in [0.25, 0.3) is 11.2 Å². The van der Waals surface area contributed by atoms with Crippen molar-refractivity contribution in [1.82, 2.24) is 29.7 Å². The van der Waals surface area contributed by atoms with Gasteiger partial charge < -0.3 is 30.6 Å². The number of aromatic nitrogens is 4. The molecule has 2 saturated heterocycles. The van der Waals surface area contributed by atoms with E-state index in [1.54, 1.807) is 12.1 Å². The van der Waals surface area contributed by atoms with Crippen LogP contribution in [-0.4, -0.2) is 80.5 Å². The molecular formula is C24H31N7O5. The Morgan fingerprint density at radius 3 is 2.86 bits per heavy atom. The van der Waals surface area contributed by atoms with Crippen LogP contribution in [0.15, 0.2) is 23.0 Å². The maximum Gasteiger partial charge on any atom is 0.336 e. The van der Waals surface area contributed by atoms with Crippen molar-refractivity contribution in [1.29, 1.82) is 0 Å². The van der Waals surface area contributed by atoms with E-state index in [0.29, 0.717) is 30.8 Å². The van der Waals surface area contributed by atoms with E-state index < -0.39 is 11.7 Å². The minimum absolute atomic E-state index is 0.0118. The second kappa shape index (κ2) is 9.88. The topological polar surface area (TPSA) is 161 Å². The molecule has 2 aliphatic rings. The maximum atomic E-state index is 12.7. The lowest BCUT2D eigenvalue weighted by Gasteiger charge is -2.51. The fourth-order valence-electron chi connectivity index (χ4n) is 4.83. The molecule has 0 atom stereocenters. The lowest BCUT2D eigenvalue weighted by molar-refractivity contribution is -0.158. The molecule has 0 bridgehead atoms. The highest BCUT2D eigenvalue weighted by atomic mass is 16.5. The second-order valence-corrected chi connectivity index (χ2v) is 9.46. The summed E-state index contributed by atoms with van der Waals surface area (Å²) < 4.78 is 12.9. The number of imidazole rings is 1. The smallest absolute Gasteiger partial charge is 0.336 e. The minimum Gasteiger partial charge on any atom is -0.478 e. The average molecular weight is 498 g/mol. The molecule has 2 aliphatic heterocycles. The number of unbranched alkanes of at least 4 members (excludes halogenated alkanes) is 1. The van der Waals surface area contributed by atoms with Crippen molar-refractivity contribution in [3.63, 3.8) is 0 Å². The highest BCUT2D eigenvalue weighted by Gasteiger charge is 2.44. The normalized spacial score (nSPS) is 17.4. The number of nitrogens with two attached hydrogens (primary N) is 1. The summed E-state index contributed by atoms with van der Waals surface area (Å²) in [4.78, 5) is 38.2. The van der Waals surface area contributed by atoms with E-state index in [1.165, 1.54) is 4.57 Å². The Morgan fingerprint density at radius 1 is 1.31 bits per heavy atom. The summed E-state index contributed by atoms with van der Waals surface area (Å²) in [5, 5.41) is 13.3. The number of nitrogen functional groups attached to an aromatic ring is 1. The number of carbonyl (C=O) groups is 1. The van der Waals surface area contributed by atoms with Crippen molar-refractivity contribution >= 4 is 23.0 Å². The molecule has 36 heavy (non-hydrogen) atoms. The van der Waals surface area contributed by atoms with Crippen LogP contribution < -0.4 is 21.5 Å². The molecule has 0 aliphatic carbocycles. The number of nitrogens with one attached hydrogen (secondary N) is 2. The van der Waals surface area contributed by atoms with Gasteiger partial charge in [0.05, 0.1) is 25.3 Å². The van der Waals surface area contributed by atoms with Crippen molar-refractivity contribution in [2.75, 3.05) is 45.1 Å². The van der Waals surface area contributed by atoms with Crippen LogP contribution >= 0.6 is 0 Å². The molecule has 0 unspecified atom stereocenters. The summed E-state index contributed by atoms with van der Waals surface area (Å²) >= 11 is 0. The van der Waals surface area contributed by atoms with Gasteiger partial charge in [-0.3, -0.25) is 9.47 Å². The number of hydrogen-bond donors (Lipinski definition) is 4. The first kappa shape index (κ1) is 24.2. The largest absolute Gasteiger partial charge is 0.478 e. The average Bonchev–Trinajstić information content (AvgIpc) is 3.15. The monoisotopic (exact) mass is 497 g/mol. The van der Waals surface area contributed by atoms with Crippen molar-refractivity contribution in [2.24, 2.45) is 0 Å². The number of carboxylic acid groups (broad SMARTS) is 1. The van der Waals surface area contributed by atoms with E-state index in [4.69, 9.17) is 15.2 Å². The van der Waals surface area contributed by atoms with Gasteiger partial charge in [0.15, 0.2) is 11.5 Å². The zero-order chi connectivity index (χ0) is 25.3. The van der Waals surface area contributed by atoms with E-state index in [2.05, 4.69) is 25.2 Å². The summed E-state index contributed by atoms with van der Waals surface area (Å²) in [6.45, 7) is 7.14. The molecule has 4 heterocycles. The number of benzene rings is 1. The summed E-state index contributed by atoms with van der Waals surface area (Å²) in [6.07, 6.45) is 1.78. The Bertz CT molecular complexity index is 1320. The Morgan fingerprint density at radius 2 is 2.14 bits per heavy atom. The molecule has 12 heteroatoms. The third-order valence-corrected chi connectivity index (χ3v) is 6.66. The summed E-state index contributed by atoms with van der Waals surface area (Å²) in [6, 6.07) is 5.40. The molecule has 192 valence electrons. The molecule has 1 aromatic carbocycles. The highest BCUT2D eigenvalue weighted by Crippen LogP contribution is 2.28. The number of aromatic carboxylic acids is 1. The number of aromatic amines is 1. The summed E-state index contributed by atoms with van der Waals surface area (Å²) in [5.41, 5.74) is 7.52. The minimum atomic E-state index is -1.06. The van der Waals surface area contributed by atoms with Gasteiger partial charge in [0.2, 0.25) is 0 Å². The lowest BCUT2D eigenvalue weighted by atomic mass is 9.91. The van der Waals surface area contributed by atoms with Gasteiger partial charge >= 0.3 is 17.7 Å². The van der Waals surface area contributed by atoms with Gasteiger partial charge in [0.1, 0.15) is 11.1 Å². The number of anilines is 1. The van der Waals surface area contributed by atoms with Crippen LogP contribution in [0.5, 0.6) is 6.01 Å². The van der Waals surface area contributed by atoms with Crippen LogP contribution in [0.3, 0.4) is 0 Å². The number of morpholine rings is 1. The maximum absolute atomic E-state index is 12.7. The number of fused-ring (bicyclic) bond motifs is 1. The van der Waals surface area contributed by atoms with Gasteiger partial charge in [0.25, 0.3) is 0 Å². The summed E-state index contributed by atoms with van der Waals surface area (Å²) in [7, 11) is 0. The first-order valence-electron chi connectivity index (χ1n) is 12.2. The Balaban J connectivity index is 1.37. The fourth-order valence-corrected chi connectivity index (χ4v) is 4.83. The highest BCUT2D eigenvalue weighted by molar-refractivity contribution is 5.90. The first-order chi connectivity index (χ1) is 17.4. The van der Waals surface area contributed by atoms with E-state index >= 15 is 0 Å². The SMILES string of the molecule is CCCCOc1nc(N)c2[nH]c(=O)n(Cc3ccc(CN4CC5(CNCCO5)C4)cc3C(=O)O)c2n1. The number of rotatable bonds is 9. The number of H-pyrrole nitrogens is 1. The number of likely N-dealkylation sites (tertiary alicyclic amines) is 1. The molecule has 0 radical (unpaired) electrons. The predicted molar refractivity (Wildman–Crippen MR) is 132 cm³/mol. The van der Waals surface area contributed by atoms with Crippen LogP contribution in [-0.2, 0) is 17.8 Å². The fraction of sp³-hybridized carbons (Fsp3) is 0.500. The van der Waals surface area contributed by atoms with Gasteiger partial charge in [-0.15, -0.1) is 0 Å². The molecule has 12 nitrogen and oxygen atoms in total. The van der Waals surface area contributed by atoms with Crippen molar-refractivity contribution in [2.45, 2.75) is 38.5 Å². The lowest BCUT2D eigenvalue weighted by Crippen LogP contribution is -2.69.